The third-order valence-corrected chi connectivity index (χ3v) is 9.08. The van der Waals surface area contributed by atoms with Crippen LogP contribution in [0.5, 0.6) is 0 Å². The van der Waals surface area contributed by atoms with Crippen molar-refractivity contribution in [3.63, 3.8) is 0 Å². The molecule has 4 aliphatic carbocycles. The number of aliphatic carboxylic acids is 1. The van der Waals surface area contributed by atoms with Crippen LogP contribution in [0.4, 0.5) is 0 Å². The van der Waals surface area contributed by atoms with Gasteiger partial charge in [0.05, 0.1) is 6.10 Å². The van der Waals surface area contributed by atoms with Crippen molar-refractivity contribution in [2.24, 2.45) is 28.6 Å². The largest absolute Gasteiger partial charge is 0.475 e. The summed E-state index contributed by atoms with van der Waals surface area (Å²) >= 11 is 0. The van der Waals surface area contributed by atoms with Gasteiger partial charge in [-0.1, -0.05) is 25.5 Å². The lowest BCUT2D eigenvalue weighted by Crippen LogP contribution is -2.61. The van der Waals surface area contributed by atoms with E-state index in [1.165, 1.54) is 5.57 Å². The number of ketones is 2. The van der Waals surface area contributed by atoms with Crippen LogP contribution in [-0.2, 0) is 23.9 Å². The Morgan fingerprint density at radius 1 is 1.13 bits per heavy atom. The summed E-state index contributed by atoms with van der Waals surface area (Å²) in [6.07, 6.45) is 9.04. The number of allylic oxidation sites excluding steroid dienone is 4. The van der Waals surface area contributed by atoms with E-state index in [0.717, 1.165) is 19.3 Å². The normalized spacial score (nSPS) is 48.3. The average molecular weight is 414 g/mol. The molecule has 0 bridgehead atoms. The van der Waals surface area contributed by atoms with Gasteiger partial charge in [0.25, 0.3) is 5.78 Å². The van der Waals surface area contributed by atoms with Gasteiger partial charge in [-0.25, -0.2) is 4.79 Å². The molecule has 0 unspecified atom stereocenters. The Kier molecular flexibility index (Phi) is 3.97. The summed E-state index contributed by atoms with van der Waals surface area (Å²) in [5.74, 6) is -2.39. The lowest BCUT2D eigenvalue weighted by molar-refractivity contribution is -0.215. The second-order valence-corrected chi connectivity index (χ2v) is 10.8. The van der Waals surface area contributed by atoms with Crippen LogP contribution in [0, 0.1) is 28.6 Å². The SMILES string of the molecule is CC1(C)O[C@@H]2C[C@H]3[C@@H]4CCC5=CC(=O)C=C[C@]5(C)[C@H]4CC[C@]3(C)[C@]2(C(=O)C(=O)O)O1. The number of hydrogen-bond donors (Lipinski definition) is 1. The predicted molar refractivity (Wildman–Crippen MR) is 107 cm³/mol. The molecule has 0 aromatic carbocycles. The fraction of sp³-hybridized carbons (Fsp3) is 0.708. The molecule has 162 valence electrons. The standard InChI is InChI=1S/C24H30O6/c1-21(2)29-18-12-17-15-6-5-13-11-14(25)7-9-22(13,3)16(15)8-10-23(17,4)24(18,30-21)19(26)20(27)28/h7,9,11,15-18H,5-6,8,10,12H2,1-4H3,(H,27,28)/t15-,16+,17+,18-,22+,23+,24+/m1/s1. The topological polar surface area (TPSA) is 89.9 Å². The predicted octanol–water partition coefficient (Wildman–Crippen LogP) is 3.45. The van der Waals surface area contributed by atoms with Gasteiger partial charge in [-0.05, 0) is 75.9 Å². The molecule has 6 heteroatoms. The van der Waals surface area contributed by atoms with Crippen LogP contribution in [0.15, 0.2) is 23.8 Å². The van der Waals surface area contributed by atoms with Crippen LogP contribution < -0.4 is 0 Å². The second-order valence-electron chi connectivity index (χ2n) is 10.8. The maximum absolute atomic E-state index is 13.1. The fourth-order valence-corrected chi connectivity index (χ4v) is 7.86. The van der Waals surface area contributed by atoms with Crippen molar-refractivity contribution in [3.05, 3.63) is 23.8 Å². The van der Waals surface area contributed by atoms with Crippen molar-refractivity contribution in [2.45, 2.75) is 77.3 Å². The van der Waals surface area contributed by atoms with E-state index in [2.05, 4.69) is 13.0 Å². The highest BCUT2D eigenvalue weighted by molar-refractivity contribution is 6.36. The Morgan fingerprint density at radius 3 is 2.57 bits per heavy atom. The van der Waals surface area contributed by atoms with Gasteiger partial charge in [0.1, 0.15) is 0 Å². The number of carbonyl (C=O) groups excluding carboxylic acids is 2. The van der Waals surface area contributed by atoms with E-state index in [-0.39, 0.29) is 17.1 Å². The Bertz CT molecular complexity index is 915. The first-order valence-corrected chi connectivity index (χ1v) is 11.0. The molecule has 0 aromatic heterocycles. The number of fused-ring (bicyclic) bond motifs is 7. The Morgan fingerprint density at radius 2 is 1.87 bits per heavy atom. The van der Waals surface area contributed by atoms with Crippen LogP contribution in [0.25, 0.3) is 0 Å². The number of ether oxygens (including phenoxy) is 2. The number of Topliss-reactive ketones (excluding diaryl/α,β-unsaturated/α-hetero) is 1. The van der Waals surface area contributed by atoms with E-state index in [4.69, 9.17) is 9.47 Å². The zero-order valence-electron chi connectivity index (χ0n) is 18.1. The monoisotopic (exact) mass is 414 g/mol. The average Bonchev–Trinajstić information content (AvgIpc) is 3.07. The molecular weight excluding hydrogens is 384 g/mol. The van der Waals surface area contributed by atoms with Gasteiger partial charge in [0.15, 0.2) is 17.2 Å². The third-order valence-electron chi connectivity index (χ3n) is 9.08. The van der Waals surface area contributed by atoms with Crippen molar-refractivity contribution >= 4 is 17.5 Å². The lowest BCUT2D eigenvalue weighted by atomic mass is 9.47. The summed E-state index contributed by atoms with van der Waals surface area (Å²) in [6.45, 7) is 7.79. The molecule has 5 rings (SSSR count). The summed E-state index contributed by atoms with van der Waals surface area (Å²) in [6, 6.07) is 0. The van der Waals surface area contributed by atoms with E-state index < -0.39 is 34.7 Å². The molecule has 4 fully saturated rings. The van der Waals surface area contributed by atoms with Crippen LogP contribution in [0.3, 0.4) is 0 Å². The Hall–Kier alpha value is -1.79. The van der Waals surface area contributed by atoms with E-state index in [9.17, 15) is 19.5 Å². The highest BCUT2D eigenvalue weighted by atomic mass is 16.8. The van der Waals surface area contributed by atoms with Crippen LogP contribution >= 0.6 is 0 Å². The van der Waals surface area contributed by atoms with Crippen LogP contribution in [0.1, 0.15) is 59.8 Å². The third kappa shape index (κ3) is 2.29. The maximum atomic E-state index is 13.1. The molecule has 0 spiro atoms. The molecule has 0 radical (unpaired) electrons. The van der Waals surface area contributed by atoms with Gasteiger partial charge in [-0.15, -0.1) is 0 Å². The van der Waals surface area contributed by atoms with Crippen molar-refractivity contribution in [1.82, 2.24) is 0 Å². The number of hydrogen-bond acceptors (Lipinski definition) is 5. The van der Waals surface area contributed by atoms with Gasteiger partial charge in [-0.3, -0.25) is 9.59 Å². The first-order valence-electron chi connectivity index (χ1n) is 11.0. The minimum atomic E-state index is -1.44. The summed E-state index contributed by atoms with van der Waals surface area (Å²) in [5, 5.41) is 9.68. The fourth-order valence-electron chi connectivity index (χ4n) is 7.86. The molecule has 1 heterocycles. The van der Waals surface area contributed by atoms with Crippen LogP contribution in [-0.4, -0.2) is 40.1 Å². The molecule has 30 heavy (non-hydrogen) atoms. The summed E-state index contributed by atoms with van der Waals surface area (Å²) in [7, 11) is 0. The summed E-state index contributed by atoms with van der Waals surface area (Å²) in [4.78, 5) is 36.9. The first-order chi connectivity index (χ1) is 13.9. The van der Waals surface area contributed by atoms with E-state index in [1.807, 2.05) is 6.92 Å². The summed E-state index contributed by atoms with van der Waals surface area (Å²) < 4.78 is 12.4. The molecule has 5 aliphatic rings. The van der Waals surface area contributed by atoms with Crippen molar-refractivity contribution < 1.29 is 29.0 Å². The second kappa shape index (κ2) is 5.92. The minimum absolute atomic E-state index is 0.0620. The summed E-state index contributed by atoms with van der Waals surface area (Å²) in [5.41, 5.74) is -0.967. The molecule has 0 aromatic rings. The molecule has 6 nitrogen and oxygen atoms in total. The highest BCUT2D eigenvalue weighted by Gasteiger charge is 2.76. The Balaban J connectivity index is 1.57. The van der Waals surface area contributed by atoms with E-state index >= 15 is 0 Å². The Labute approximate surface area is 176 Å². The van der Waals surface area contributed by atoms with Gasteiger partial charge in [0.2, 0.25) is 0 Å². The molecular formula is C24H30O6. The molecule has 1 N–H and O–H groups in total. The van der Waals surface area contributed by atoms with E-state index in [1.54, 1.807) is 26.0 Å². The lowest BCUT2D eigenvalue weighted by Gasteiger charge is -2.58. The molecule has 1 aliphatic heterocycles. The van der Waals surface area contributed by atoms with Gasteiger partial charge in [0, 0.05) is 10.8 Å². The van der Waals surface area contributed by atoms with Crippen LogP contribution in [0.2, 0.25) is 0 Å². The van der Waals surface area contributed by atoms with Crippen molar-refractivity contribution in [1.29, 1.82) is 0 Å². The zero-order chi connectivity index (χ0) is 21.7. The van der Waals surface area contributed by atoms with Crippen molar-refractivity contribution in [3.8, 4) is 0 Å². The number of carboxylic acids is 1. The molecule has 1 saturated heterocycles. The number of rotatable bonds is 2. The zero-order valence-corrected chi connectivity index (χ0v) is 18.1. The van der Waals surface area contributed by atoms with Gasteiger partial charge < -0.3 is 14.6 Å². The van der Waals surface area contributed by atoms with Gasteiger partial charge in [-0.2, -0.15) is 0 Å². The molecule has 0 amide bonds. The molecule has 3 saturated carbocycles. The van der Waals surface area contributed by atoms with Gasteiger partial charge >= 0.3 is 5.97 Å². The van der Waals surface area contributed by atoms with E-state index in [0.29, 0.717) is 24.7 Å². The maximum Gasteiger partial charge on any atom is 0.375 e. The number of carbonyl (C=O) groups is 3. The minimum Gasteiger partial charge on any atom is -0.475 e. The number of carboxylic acid groups (broad SMARTS) is 1. The first kappa shape index (κ1) is 20.1. The van der Waals surface area contributed by atoms with Crippen molar-refractivity contribution in [2.75, 3.05) is 0 Å². The molecule has 7 atom stereocenters. The highest BCUT2D eigenvalue weighted by Crippen LogP contribution is 2.70. The smallest absolute Gasteiger partial charge is 0.375 e. The quantitative estimate of drug-likeness (QED) is 0.696.